The van der Waals surface area contributed by atoms with Gasteiger partial charge in [-0.05, 0) is 77.9 Å². The molecule has 12 rings (SSSR count). The average molecular weight is 745 g/mol. The monoisotopic (exact) mass is 744 g/mol. The molecule has 7 nitrogen and oxygen atoms in total. The van der Waals surface area contributed by atoms with Gasteiger partial charge < -0.3 is 9.64 Å². The lowest BCUT2D eigenvalue weighted by molar-refractivity contribution is 0.477. The van der Waals surface area contributed by atoms with Crippen molar-refractivity contribution in [2.75, 3.05) is 4.90 Å². The number of para-hydroxylation sites is 7. The lowest BCUT2D eigenvalue weighted by atomic mass is 10.0. The van der Waals surface area contributed by atoms with Gasteiger partial charge in [-0.3, -0.25) is 9.13 Å². The van der Waals surface area contributed by atoms with E-state index in [-0.39, 0.29) is 0 Å². The second-order valence-corrected chi connectivity index (χ2v) is 14.5. The molecule has 0 aliphatic carbocycles. The van der Waals surface area contributed by atoms with E-state index >= 15 is 0 Å². The van der Waals surface area contributed by atoms with Crippen LogP contribution in [0.25, 0.3) is 78.0 Å². The Morgan fingerprint density at radius 1 is 0.345 bits per heavy atom. The molecular formula is C51H32N6O. The average Bonchev–Trinajstić information content (AvgIpc) is 3.81. The van der Waals surface area contributed by atoms with E-state index in [1.54, 1.807) is 0 Å². The van der Waals surface area contributed by atoms with Gasteiger partial charge in [0.25, 0.3) is 0 Å². The van der Waals surface area contributed by atoms with Gasteiger partial charge in [0, 0.05) is 32.8 Å². The van der Waals surface area contributed by atoms with Crippen LogP contribution >= 0.6 is 0 Å². The highest BCUT2D eigenvalue weighted by atomic mass is 16.5. The quantitative estimate of drug-likeness (QED) is 0.176. The smallest absolute Gasteiger partial charge is 0.240 e. The van der Waals surface area contributed by atoms with E-state index in [2.05, 4.69) is 154 Å². The van der Waals surface area contributed by atoms with Crippen molar-refractivity contribution in [3.05, 3.63) is 194 Å². The molecule has 0 radical (unpaired) electrons. The van der Waals surface area contributed by atoms with Gasteiger partial charge in [0.15, 0.2) is 17.3 Å². The summed E-state index contributed by atoms with van der Waals surface area (Å²) in [7, 11) is 0. The van der Waals surface area contributed by atoms with Crippen LogP contribution in [-0.2, 0) is 0 Å². The molecule has 0 fully saturated rings. The minimum atomic E-state index is 0.556. The minimum absolute atomic E-state index is 0.556. The van der Waals surface area contributed by atoms with Crippen molar-refractivity contribution in [3.8, 4) is 45.9 Å². The fraction of sp³-hybridized carbons (Fsp3) is 0. The highest BCUT2D eigenvalue weighted by Crippen LogP contribution is 2.50. The highest BCUT2D eigenvalue weighted by Gasteiger charge is 2.26. The number of nitrogens with zero attached hydrogens (tertiary/aromatic N) is 6. The van der Waals surface area contributed by atoms with Crippen molar-refractivity contribution in [1.82, 2.24) is 24.1 Å². The first-order valence-electron chi connectivity index (χ1n) is 19.4. The molecule has 0 saturated heterocycles. The molecule has 0 amide bonds. The number of aromatic nitrogens is 5. The summed E-state index contributed by atoms with van der Waals surface area (Å²) in [6, 6.07) is 67.3. The Morgan fingerprint density at radius 3 is 1.40 bits per heavy atom. The lowest BCUT2D eigenvalue weighted by Gasteiger charge is -2.32. The van der Waals surface area contributed by atoms with Gasteiger partial charge in [0.05, 0.1) is 33.4 Å². The number of fused-ring (bicyclic) bond motifs is 8. The van der Waals surface area contributed by atoms with Crippen LogP contribution in [0.15, 0.2) is 194 Å². The highest BCUT2D eigenvalue weighted by molar-refractivity contribution is 6.11. The van der Waals surface area contributed by atoms with Crippen molar-refractivity contribution in [2.24, 2.45) is 0 Å². The number of rotatable bonds is 5. The third-order valence-corrected chi connectivity index (χ3v) is 11.2. The number of anilines is 3. The van der Waals surface area contributed by atoms with Crippen LogP contribution in [-0.4, -0.2) is 24.1 Å². The molecule has 0 bridgehead atoms. The molecule has 0 unspecified atom stereocenters. The van der Waals surface area contributed by atoms with Gasteiger partial charge in [0.2, 0.25) is 11.9 Å². The molecule has 0 N–H and O–H groups in total. The van der Waals surface area contributed by atoms with E-state index in [0.717, 1.165) is 88.9 Å². The summed E-state index contributed by atoms with van der Waals surface area (Å²) in [6.45, 7) is 0. The fourth-order valence-electron chi connectivity index (χ4n) is 8.56. The van der Waals surface area contributed by atoms with Crippen LogP contribution in [0.4, 0.5) is 17.1 Å². The summed E-state index contributed by atoms with van der Waals surface area (Å²) in [5.74, 6) is 3.40. The van der Waals surface area contributed by atoms with Gasteiger partial charge >= 0.3 is 0 Å². The Hall–Kier alpha value is -8.03. The van der Waals surface area contributed by atoms with Crippen LogP contribution in [0.5, 0.6) is 11.5 Å². The maximum atomic E-state index is 6.26. The van der Waals surface area contributed by atoms with E-state index in [1.165, 1.54) is 0 Å². The Balaban J connectivity index is 1.02. The summed E-state index contributed by atoms with van der Waals surface area (Å²) >= 11 is 0. The van der Waals surface area contributed by atoms with Gasteiger partial charge in [-0.25, -0.2) is 0 Å². The number of hydrogen-bond acceptors (Lipinski definition) is 5. The first kappa shape index (κ1) is 32.2. The Kier molecular flexibility index (Phi) is 7.09. The van der Waals surface area contributed by atoms with Gasteiger partial charge in [-0.15, -0.1) is 0 Å². The zero-order valence-electron chi connectivity index (χ0n) is 31.1. The SMILES string of the molecule is c1ccc(-c2nc(-n3c4ccccc4c4ccccc43)nc(-n3c4ccccc4c4cc(-c5ccc(N6c7ccccc7Oc7ccccc76)cc5)ccc43)n2)cc1. The number of benzene rings is 8. The molecule has 58 heavy (non-hydrogen) atoms. The third kappa shape index (κ3) is 4.97. The van der Waals surface area contributed by atoms with Crippen molar-refractivity contribution < 1.29 is 4.74 Å². The molecule has 272 valence electrons. The van der Waals surface area contributed by atoms with E-state index in [0.29, 0.717) is 17.7 Å². The normalized spacial score (nSPS) is 12.2. The summed E-state index contributed by atoms with van der Waals surface area (Å²) in [5.41, 5.74) is 10.4. The zero-order chi connectivity index (χ0) is 38.2. The topological polar surface area (TPSA) is 61.0 Å². The molecule has 8 aromatic carbocycles. The molecule has 0 atom stereocenters. The Bertz CT molecular complexity index is 3290. The second kappa shape index (κ2) is 12.8. The van der Waals surface area contributed by atoms with E-state index in [9.17, 15) is 0 Å². The largest absolute Gasteiger partial charge is 0.453 e. The van der Waals surface area contributed by atoms with Crippen LogP contribution < -0.4 is 9.64 Å². The van der Waals surface area contributed by atoms with Crippen LogP contribution in [0, 0.1) is 0 Å². The molecule has 0 spiro atoms. The van der Waals surface area contributed by atoms with Crippen LogP contribution in [0.3, 0.4) is 0 Å². The maximum Gasteiger partial charge on any atom is 0.240 e. The van der Waals surface area contributed by atoms with E-state index in [4.69, 9.17) is 19.7 Å². The molecular weight excluding hydrogens is 713 g/mol. The van der Waals surface area contributed by atoms with Gasteiger partial charge in [0.1, 0.15) is 0 Å². The zero-order valence-corrected chi connectivity index (χ0v) is 31.1. The molecule has 1 aliphatic rings. The standard InChI is InChI=1S/C51H32N6O/c1-2-14-34(15-3-1)49-52-50(56-41-19-7-4-16-37(41)38-17-5-8-20-42(38)56)54-51(53-49)57-43-21-9-6-18-39(43)40-32-35(28-31-44(40)57)33-26-29-36(30-27-33)55-45-22-10-12-24-47(45)58-48-25-13-11-23-46(48)55/h1-32H. The predicted molar refractivity (Wildman–Crippen MR) is 234 cm³/mol. The van der Waals surface area contributed by atoms with Crippen LogP contribution in [0.1, 0.15) is 0 Å². The van der Waals surface area contributed by atoms with Crippen molar-refractivity contribution in [3.63, 3.8) is 0 Å². The van der Waals surface area contributed by atoms with E-state index in [1.807, 2.05) is 54.6 Å². The first-order valence-corrected chi connectivity index (χ1v) is 19.4. The van der Waals surface area contributed by atoms with Crippen molar-refractivity contribution in [1.29, 1.82) is 0 Å². The Morgan fingerprint density at radius 2 is 0.810 bits per heavy atom. The summed E-state index contributed by atoms with van der Waals surface area (Å²) in [4.78, 5) is 17.9. The number of ether oxygens (including phenoxy) is 1. The Labute approximate surface area is 333 Å². The number of hydrogen-bond donors (Lipinski definition) is 0. The molecule has 11 aromatic rings. The predicted octanol–water partition coefficient (Wildman–Crippen LogP) is 13.0. The minimum Gasteiger partial charge on any atom is -0.453 e. The molecule has 1 aliphatic heterocycles. The second-order valence-electron chi connectivity index (χ2n) is 14.5. The summed E-state index contributed by atoms with van der Waals surface area (Å²) < 4.78 is 10.6. The maximum absolute atomic E-state index is 6.26. The van der Waals surface area contributed by atoms with Crippen molar-refractivity contribution in [2.45, 2.75) is 0 Å². The molecule has 3 aromatic heterocycles. The summed E-state index contributed by atoms with van der Waals surface area (Å²) in [5, 5.41) is 4.54. The van der Waals surface area contributed by atoms with Gasteiger partial charge in [-0.2, -0.15) is 15.0 Å². The van der Waals surface area contributed by atoms with Crippen LogP contribution in [0.2, 0.25) is 0 Å². The first-order chi connectivity index (χ1) is 28.8. The molecule has 0 saturated carbocycles. The van der Waals surface area contributed by atoms with Gasteiger partial charge in [-0.1, -0.05) is 127 Å². The van der Waals surface area contributed by atoms with Crippen molar-refractivity contribution >= 4 is 60.7 Å². The van der Waals surface area contributed by atoms with E-state index < -0.39 is 0 Å². The fourth-order valence-corrected chi connectivity index (χ4v) is 8.56. The summed E-state index contributed by atoms with van der Waals surface area (Å²) in [6.07, 6.45) is 0. The molecule has 4 heterocycles. The molecule has 7 heteroatoms. The lowest BCUT2D eigenvalue weighted by Crippen LogP contribution is -2.15. The third-order valence-electron chi connectivity index (χ3n) is 11.2.